The van der Waals surface area contributed by atoms with Crippen molar-refractivity contribution in [3.63, 3.8) is 0 Å². The third-order valence-corrected chi connectivity index (χ3v) is 9.34. The van der Waals surface area contributed by atoms with Crippen LogP contribution in [0.25, 0.3) is 0 Å². The van der Waals surface area contributed by atoms with E-state index in [1.807, 2.05) is 140 Å². The minimum atomic E-state index is -0.500. The number of halogens is 1. The molecule has 13 heteroatoms. The van der Waals surface area contributed by atoms with Crippen molar-refractivity contribution in [2.24, 2.45) is 0 Å². The Balaban J connectivity index is 0.000000192. The van der Waals surface area contributed by atoms with Crippen LogP contribution in [0.5, 0.6) is 0 Å². The van der Waals surface area contributed by atoms with Crippen LogP contribution in [0.4, 0.5) is 0 Å². The Morgan fingerprint density at radius 3 is 1.24 bits per heavy atom. The fourth-order valence-corrected chi connectivity index (χ4v) is 5.97. The molecule has 0 bridgehead atoms. The highest BCUT2D eigenvalue weighted by Crippen LogP contribution is 2.24. The molecule has 2 heterocycles. The quantitative estimate of drug-likeness (QED) is 0.0523. The van der Waals surface area contributed by atoms with Crippen LogP contribution >= 0.6 is 15.9 Å². The molecule has 0 spiro atoms. The van der Waals surface area contributed by atoms with Crippen LogP contribution in [0.15, 0.2) is 152 Å². The maximum absolute atomic E-state index is 9.12. The first kappa shape index (κ1) is 51.7. The average Bonchev–Trinajstić information content (AvgIpc) is 3.35. The third kappa shape index (κ3) is 23.0. The van der Waals surface area contributed by atoms with E-state index in [1.165, 1.54) is 11.1 Å². The monoisotopic (exact) mass is 934 g/mol. The summed E-state index contributed by atoms with van der Waals surface area (Å²) in [5, 5.41) is 27.5. The Morgan fingerprint density at radius 2 is 0.841 bits per heavy atom. The van der Waals surface area contributed by atoms with E-state index in [0.29, 0.717) is 72.7 Å². The Hall–Kier alpha value is -3.90. The summed E-state index contributed by atoms with van der Waals surface area (Å²) < 4.78 is 49.2. The standard InChI is InChI=1S/C19H22O4.C12H18O4.C10H12O3.C9H11BrO/c1-3-7-16(8-4-1)13-20-11-12-21-18-14-22-19(23-15-18)17-9-5-2-6-10-17;13-8-12(9-14)16-7-6-15-10-11-4-2-1-3-5-11;11-9-6-12-10(13-7-9)8-4-2-1-3-5-8;10-6-7-11-8-9-4-2-1-3-5-9/h1-10,18-19H,11-15H2;1-5,12-14H,6-10H2;1-5,9-11H,6-7H2;1-5H,6-8H2. The lowest BCUT2D eigenvalue weighted by Crippen LogP contribution is -2.34. The zero-order valence-electron chi connectivity index (χ0n) is 35.8. The Morgan fingerprint density at radius 1 is 0.476 bits per heavy atom. The number of alkyl halides is 1. The molecule has 2 saturated heterocycles. The van der Waals surface area contributed by atoms with Gasteiger partial charge in [-0.1, -0.05) is 168 Å². The largest absolute Gasteiger partial charge is 0.394 e. The molecule has 0 radical (unpaired) electrons. The summed E-state index contributed by atoms with van der Waals surface area (Å²) in [7, 11) is 0. The number of aliphatic hydroxyl groups excluding tert-OH is 3. The summed E-state index contributed by atoms with van der Waals surface area (Å²) in [6.07, 6.45) is -1.62. The normalized spacial score (nSPS) is 18.2. The number of benzene rings is 5. The van der Waals surface area contributed by atoms with Gasteiger partial charge in [-0.15, -0.1) is 0 Å². The molecule has 7 rings (SSSR count). The van der Waals surface area contributed by atoms with Crippen LogP contribution < -0.4 is 0 Å². The van der Waals surface area contributed by atoms with Crippen molar-refractivity contribution < 1.29 is 58.0 Å². The van der Waals surface area contributed by atoms with Gasteiger partial charge in [-0.25, -0.2) is 0 Å². The summed E-state index contributed by atoms with van der Waals surface area (Å²) in [6, 6.07) is 49.8. The summed E-state index contributed by atoms with van der Waals surface area (Å²) in [4.78, 5) is 0. The van der Waals surface area contributed by atoms with Gasteiger partial charge in [0.25, 0.3) is 0 Å². The number of ether oxygens (including phenoxy) is 9. The predicted molar refractivity (Wildman–Crippen MR) is 244 cm³/mol. The van der Waals surface area contributed by atoms with E-state index in [-0.39, 0.29) is 31.9 Å². The van der Waals surface area contributed by atoms with Crippen LogP contribution in [0.1, 0.15) is 40.4 Å². The van der Waals surface area contributed by atoms with E-state index in [0.717, 1.165) is 28.6 Å². The summed E-state index contributed by atoms with van der Waals surface area (Å²) in [5.74, 6) is 0. The third-order valence-electron chi connectivity index (χ3n) is 9.02. The molecule has 342 valence electrons. The van der Waals surface area contributed by atoms with Crippen LogP contribution in [-0.2, 0) is 62.5 Å². The Labute approximate surface area is 380 Å². The first-order valence-corrected chi connectivity index (χ1v) is 22.3. The molecule has 0 aliphatic carbocycles. The van der Waals surface area contributed by atoms with E-state index < -0.39 is 12.2 Å². The maximum atomic E-state index is 9.12. The van der Waals surface area contributed by atoms with Crippen molar-refractivity contribution in [1.29, 1.82) is 0 Å². The van der Waals surface area contributed by atoms with Crippen molar-refractivity contribution in [2.75, 3.05) is 78.0 Å². The van der Waals surface area contributed by atoms with Gasteiger partial charge in [-0.3, -0.25) is 0 Å². The topological polar surface area (TPSA) is 144 Å². The van der Waals surface area contributed by atoms with E-state index in [4.69, 9.17) is 58.0 Å². The maximum Gasteiger partial charge on any atom is 0.184 e. The highest BCUT2D eigenvalue weighted by atomic mass is 79.9. The minimum Gasteiger partial charge on any atom is -0.394 e. The fourth-order valence-electron chi connectivity index (χ4n) is 5.74. The molecule has 5 aromatic rings. The van der Waals surface area contributed by atoms with Crippen molar-refractivity contribution >= 4 is 15.9 Å². The average molecular weight is 936 g/mol. The van der Waals surface area contributed by atoms with E-state index in [2.05, 4.69) is 28.1 Å². The molecule has 12 nitrogen and oxygen atoms in total. The Bertz CT molecular complexity index is 1760. The second-order valence-corrected chi connectivity index (χ2v) is 14.9. The number of aliphatic hydroxyl groups is 3. The molecule has 0 unspecified atom stereocenters. The molecule has 0 amide bonds. The van der Waals surface area contributed by atoms with Gasteiger partial charge in [0.1, 0.15) is 18.3 Å². The zero-order valence-corrected chi connectivity index (χ0v) is 37.4. The van der Waals surface area contributed by atoms with Gasteiger partial charge < -0.3 is 58.0 Å². The predicted octanol–water partition coefficient (Wildman–Crippen LogP) is 7.60. The highest BCUT2D eigenvalue weighted by molar-refractivity contribution is 9.09. The smallest absolute Gasteiger partial charge is 0.184 e. The summed E-state index contributed by atoms with van der Waals surface area (Å²) in [6.45, 7) is 6.00. The van der Waals surface area contributed by atoms with Crippen molar-refractivity contribution in [3.8, 4) is 0 Å². The van der Waals surface area contributed by atoms with Crippen LogP contribution in [0, 0.1) is 0 Å². The Kier molecular flexibility index (Phi) is 27.6. The molecule has 2 aliphatic heterocycles. The van der Waals surface area contributed by atoms with Crippen LogP contribution in [-0.4, -0.2) is 112 Å². The molecule has 0 aromatic heterocycles. The molecular formula is C50H63BrO12. The lowest BCUT2D eigenvalue weighted by molar-refractivity contribution is -0.232. The summed E-state index contributed by atoms with van der Waals surface area (Å²) >= 11 is 3.30. The van der Waals surface area contributed by atoms with Crippen molar-refractivity contribution in [1.82, 2.24) is 0 Å². The number of hydrogen-bond acceptors (Lipinski definition) is 12. The molecule has 2 aliphatic rings. The van der Waals surface area contributed by atoms with E-state index >= 15 is 0 Å². The second kappa shape index (κ2) is 33.6. The molecule has 2 fully saturated rings. The van der Waals surface area contributed by atoms with Gasteiger partial charge in [0.2, 0.25) is 0 Å². The minimum absolute atomic E-state index is 0.0321. The molecule has 63 heavy (non-hydrogen) atoms. The molecular weight excluding hydrogens is 872 g/mol. The molecule has 0 atom stereocenters. The zero-order chi connectivity index (χ0) is 44.4. The lowest BCUT2D eigenvalue weighted by atomic mass is 10.2. The lowest BCUT2D eigenvalue weighted by Gasteiger charge is -2.29. The second-order valence-electron chi connectivity index (χ2n) is 14.1. The van der Waals surface area contributed by atoms with Crippen molar-refractivity contribution in [2.45, 2.75) is 50.7 Å². The van der Waals surface area contributed by atoms with Gasteiger partial charge in [-0.2, -0.15) is 0 Å². The number of hydrogen-bond donors (Lipinski definition) is 3. The SMILES string of the molecule is BrCCOCc1ccccc1.OC1COC(c2ccccc2)OC1.OCC(CO)OCCOCc1ccccc1.c1ccc(COCCOC2COC(c3ccccc3)OC2)cc1. The van der Waals surface area contributed by atoms with Crippen LogP contribution in [0.3, 0.4) is 0 Å². The first-order chi connectivity index (χ1) is 31.1. The number of rotatable bonds is 20. The molecule has 5 aromatic carbocycles. The highest BCUT2D eigenvalue weighted by Gasteiger charge is 2.24. The van der Waals surface area contributed by atoms with Gasteiger partial charge in [0, 0.05) is 16.5 Å². The van der Waals surface area contributed by atoms with Gasteiger partial charge in [-0.05, 0) is 16.7 Å². The van der Waals surface area contributed by atoms with Crippen LogP contribution in [0.2, 0.25) is 0 Å². The van der Waals surface area contributed by atoms with Crippen molar-refractivity contribution in [3.05, 3.63) is 179 Å². The van der Waals surface area contributed by atoms with Gasteiger partial charge in [0.05, 0.1) is 92.5 Å². The summed E-state index contributed by atoms with van der Waals surface area (Å²) in [5.41, 5.74) is 5.55. The fraction of sp³-hybridized carbons (Fsp3) is 0.400. The molecule has 3 N–H and O–H groups in total. The van der Waals surface area contributed by atoms with Gasteiger partial charge >= 0.3 is 0 Å². The van der Waals surface area contributed by atoms with E-state index in [9.17, 15) is 0 Å². The van der Waals surface area contributed by atoms with Gasteiger partial charge in [0.15, 0.2) is 12.6 Å². The van der Waals surface area contributed by atoms with E-state index in [1.54, 1.807) is 0 Å². The first-order valence-electron chi connectivity index (χ1n) is 21.2. The molecule has 0 saturated carbocycles.